The third-order valence-electron chi connectivity index (χ3n) is 5.69. The smallest absolute Gasteiger partial charge is 0.00671 e. The molecule has 4 atom stereocenters. The summed E-state index contributed by atoms with van der Waals surface area (Å²) in [5.41, 5.74) is 0. The maximum absolute atomic E-state index is 3.85. The number of rotatable bonds is 4. The van der Waals surface area contributed by atoms with Gasteiger partial charge in [0, 0.05) is 6.04 Å². The van der Waals surface area contributed by atoms with Crippen LogP contribution in [0.3, 0.4) is 0 Å². The largest absolute Gasteiger partial charge is 0.314 e. The SMILES string of the molecule is C[C@@H](NCC1CC2CCC1C2)C1CCCC1. The van der Waals surface area contributed by atoms with E-state index in [1.165, 1.54) is 45.1 Å². The fourth-order valence-electron chi connectivity index (χ4n) is 4.59. The molecule has 3 rings (SSSR count). The molecule has 0 amide bonds. The Morgan fingerprint density at radius 2 is 1.88 bits per heavy atom. The first-order valence-corrected chi connectivity index (χ1v) is 7.56. The van der Waals surface area contributed by atoms with Gasteiger partial charge in [-0.15, -0.1) is 0 Å². The monoisotopic (exact) mass is 221 g/mol. The van der Waals surface area contributed by atoms with Gasteiger partial charge < -0.3 is 5.32 Å². The summed E-state index contributed by atoms with van der Waals surface area (Å²) in [5, 5.41) is 3.85. The first-order valence-electron chi connectivity index (χ1n) is 7.56. The molecule has 92 valence electrons. The van der Waals surface area contributed by atoms with Gasteiger partial charge in [0.2, 0.25) is 0 Å². The van der Waals surface area contributed by atoms with Crippen LogP contribution in [0.25, 0.3) is 0 Å². The van der Waals surface area contributed by atoms with Crippen LogP contribution in [-0.2, 0) is 0 Å². The molecule has 3 aliphatic rings. The predicted molar refractivity (Wildman–Crippen MR) is 68.4 cm³/mol. The van der Waals surface area contributed by atoms with E-state index in [0.29, 0.717) is 0 Å². The van der Waals surface area contributed by atoms with Gasteiger partial charge in [0.1, 0.15) is 0 Å². The molecule has 3 saturated carbocycles. The minimum atomic E-state index is 0.779. The Hall–Kier alpha value is -0.0400. The molecule has 2 bridgehead atoms. The summed E-state index contributed by atoms with van der Waals surface area (Å²) < 4.78 is 0. The summed E-state index contributed by atoms with van der Waals surface area (Å²) in [6.45, 7) is 3.74. The molecule has 3 aliphatic carbocycles. The molecule has 0 radical (unpaired) electrons. The number of hydrogen-bond acceptors (Lipinski definition) is 1. The van der Waals surface area contributed by atoms with Crippen LogP contribution in [-0.4, -0.2) is 12.6 Å². The van der Waals surface area contributed by atoms with E-state index in [2.05, 4.69) is 12.2 Å². The van der Waals surface area contributed by atoms with Crippen LogP contribution in [0.4, 0.5) is 0 Å². The fourth-order valence-corrected chi connectivity index (χ4v) is 4.59. The van der Waals surface area contributed by atoms with E-state index >= 15 is 0 Å². The van der Waals surface area contributed by atoms with Gasteiger partial charge in [-0.25, -0.2) is 0 Å². The van der Waals surface area contributed by atoms with Crippen molar-refractivity contribution in [2.45, 2.75) is 64.3 Å². The van der Waals surface area contributed by atoms with Crippen molar-refractivity contribution in [3.8, 4) is 0 Å². The Balaban J connectivity index is 1.42. The molecule has 3 unspecified atom stereocenters. The Bertz CT molecular complexity index is 232. The highest BCUT2D eigenvalue weighted by atomic mass is 14.9. The molecule has 1 nitrogen and oxygen atoms in total. The lowest BCUT2D eigenvalue weighted by Crippen LogP contribution is -2.37. The van der Waals surface area contributed by atoms with Crippen molar-refractivity contribution in [3.05, 3.63) is 0 Å². The topological polar surface area (TPSA) is 12.0 Å². The quantitative estimate of drug-likeness (QED) is 0.765. The predicted octanol–water partition coefficient (Wildman–Crippen LogP) is 3.59. The summed E-state index contributed by atoms with van der Waals surface area (Å²) in [5.74, 6) is 4.22. The molecule has 1 heteroatoms. The molecule has 3 fully saturated rings. The standard InChI is InChI=1S/C15H27N/c1-11(13-4-2-3-5-13)16-10-15-9-12-6-7-14(15)8-12/h11-16H,2-10H2,1H3/t11-,12?,14?,15?/m1/s1. The molecule has 0 spiro atoms. The van der Waals surface area contributed by atoms with E-state index in [4.69, 9.17) is 0 Å². The molecule has 0 saturated heterocycles. The summed E-state index contributed by atoms with van der Waals surface area (Å²) in [6, 6.07) is 0.779. The van der Waals surface area contributed by atoms with E-state index in [1.54, 1.807) is 12.8 Å². The van der Waals surface area contributed by atoms with Crippen molar-refractivity contribution in [2.75, 3.05) is 6.54 Å². The van der Waals surface area contributed by atoms with Crippen molar-refractivity contribution >= 4 is 0 Å². The summed E-state index contributed by atoms with van der Waals surface area (Å²) in [4.78, 5) is 0. The maximum atomic E-state index is 3.85. The second-order valence-corrected chi connectivity index (χ2v) is 6.68. The third kappa shape index (κ3) is 2.16. The van der Waals surface area contributed by atoms with Crippen LogP contribution >= 0.6 is 0 Å². The molecule has 0 heterocycles. The molecular weight excluding hydrogens is 194 g/mol. The van der Waals surface area contributed by atoms with Crippen molar-refractivity contribution in [1.82, 2.24) is 5.32 Å². The number of hydrogen-bond donors (Lipinski definition) is 1. The van der Waals surface area contributed by atoms with Gasteiger partial charge in [0.25, 0.3) is 0 Å². The molecule has 16 heavy (non-hydrogen) atoms. The summed E-state index contributed by atoms with van der Waals surface area (Å²) >= 11 is 0. The van der Waals surface area contributed by atoms with Gasteiger partial charge in [0.05, 0.1) is 0 Å². The molecule has 0 aromatic rings. The highest BCUT2D eigenvalue weighted by molar-refractivity contribution is 4.91. The zero-order valence-electron chi connectivity index (χ0n) is 10.8. The van der Waals surface area contributed by atoms with E-state index < -0.39 is 0 Å². The maximum Gasteiger partial charge on any atom is 0.00671 e. The van der Waals surface area contributed by atoms with Crippen molar-refractivity contribution in [2.24, 2.45) is 23.7 Å². The van der Waals surface area contributed by atoms with Crippen LogP contribution in [0.5, 0.6) is 0 Å². The fraction of sp³-hybridized carbons (Fsp3) is 1.00. The van der Waals surface area contributed by atoms with Gasteiger partial charge in [0.15, 0.2) is 0 Å². The lowest BCUT2D eigenvalue weighted by atomic mass is 9.88. The zero-order chi connectivity index (χ0) is 11.0. The number of fused-ring (bicyclic) bond motifs is 2. The summed E-state index contributed by atoms with van der Waals surface area (Å²) in [7, 11) is 0. The highest BCUT2D eigenvalue weighted by Crippen LogP contribution is 2.48. The van der Waals surface area contributed by atoms with E-state index in [1.807, 2.05) is 0 Å². The average Bonchev–Trinajstić information content (AvgIpc) is 3.01. The summed E-state index contributed by atoms with van der Waals surface area (Å²) in [6.07, 6.45) is 12.1. The molecule has 1 N–H and O–H groups in total. The van der Waals surface area contributed by atoms with Gasteiger partial charge in [-0.1, -0.05) is 19.3 Å². The van der Waals surface area contributed by atoms with E-state index in [9.17, 15) is 0 Å². The van der Waals surface area contributed by atoms with Crippen LogP contribution in [0, 0.1) is 23.7 Å². The van der Waals surface area contributed by atoms with E-state index in [0.717, 1.165) is 29.7 Å². The Labute approximate surface area is 100 Å². The average molecular weight is 221 g/mol. The lowest BCUT2D eigenvalue weighted by molar-refractivity contribution is 0.285. The first-order chi connectivity index (χ1) is 7.83. The van der Waals surface area contributed by atoms with E-state index in [-0.39, 0.29) is 0 Å². The highest BCUT2D eigenvalue weighted by Gasteiger charge is 2.39. The molecule has 0 aliphatic heterocycles. The van der Waals surface area contributed by atoms with Crippen LogP contribution in [0.1, 0.15) is 58.3 Å². The van der Waals surface area contributed by atoms with Crippen molar-refractivity contribution in [3.63, 3.8) is 0 Å². The first kappa shape index (κ1) is 11.1. The Kier molecular flexibility index (Phi) is 3.24. The minimum absolute atomic E-state index is 0.779. The van der Waals surface area contributed by atoms with Crippen molar-refractivity contribution in [1.29, 1.82) is 0 Å². The van der Waals surface area contributed by atoms with Gasteiger partial charge in [-0.3, -0.25) is 0 Å². The van der Waals surface area contributed by atoms with Gasteiger partial charge >= 0.3 is 0 Å². The van der Waals surface area contributed by atoms with Crippen LogP contribution in [0.15, 0.2) is 0 Å². The van der Waals surface area contributed by atoms with Crippen LogP contribution in [0.2, 0.25) is 0 Å². The van der Waals surface area contributed by atoms with Crippen LogP contribution < -0.4 is 5.32 Å². The second-order valence-electron chi connectivity index (χ2n) is 6.68. The second kappa shape index (κ2) is 4.68. The molecular formula is C15H27N. The third-order valence-corrected chi connectivity index (χ3v) is 5.69. The van der Waals surface area contributed by atoms with Gasteiger partial charge in [-0.2, -0.15) is 0 Å². The van der Waals surface area contributed by atoms with Gasteiger partial charge in [-0.05, 0) is 69.2 Å². The Morgan fingerprint density at radius 1 is 1.06 bits per heavy atom. The zero-order valence-corrected chi connectivity index (χ0v) is 10.8. The molecule has 0 aromatic heterocycles. The number of nitrogens with one attached hydrogen (secondary N) is 1. The minimum Gasteiger partial charge on any atom is -0.314 e. The normalized spacial score (nSPS) is 40.7. The Morgan fingerprint density at radius 3 is 2.50 bits per heavy atom. The van der Waals surface area contributed by atoms with Crippen molar-refractivity contribution < 1.29 is 0 Å². The molecule has 0 aromatic carbocycles. The lowest BCUT2D eigenvalue weighted by Gasteiger charge is -2.26.